The highest BCUT2D eigenvalue weighted by molar-refractivity contribution is 7.89. The zero-order valence-corrected chi connectivity index (χ0v) is 13.0. The molecule has 0 bridgehead atoms. The Bertz CT molecular complexity index is 638. The molecule has 1 saturated carbocycles. The number of benzene rings is 1. The van der Waals surface area contributed by atoms with Crippen molar-refractivity contribution in [2.24, 2.45) is 5.92 Å². The highest BCUT2D eigenvalue weighted by Gasteiger charge is 2.28. The number of carbonyl (C=O) groups is 1. The van der Waals surface area contributed by atoms with Crippen LogP contribution < -0.4 is 5.73 Å². The molecule has 1 aromatic rings. The second kappa shape index (κ2) is 6.03. The Labute approximate surface area is 124 Å². The zero-order chi connectivity index (χ0) is 15.6. The summed E-state index contributed by atoms with van der Waals surface area (Å²) in [6, 6.07) is 4.09. The van der Waals surface area contributed by atoms with Crippen LogP contribution in [0.1, 0.15) is 29.6 Å². The smallest absolute Gasteiger partial charge is 0.337 e. The molecule has 0 radical (unpaired) electrons. The van der Waals surface area contributed by atoms with Crippen LogP contribution in [0, 0.1) is 5.92 Å². The molecule has 0 unspecified atom stereocenters. The fourth-order valence-electron chi connectivity index (χ4n) is 2.33. The van der Waals surface area contributed by atoms with Gasteiger partial charge in [0.25, 0.3) is 0 Å². The van der Waals surface area contributed by atoms with Gasteiger partial charge in [0.2, 0.25) is 10.0 Å². The summed E-state index contributed by atoms with van der Waals surface area (Å²) >= 11 is 0. The minimum atomic E-state index is -3.63. The molecule has 0 aliphatic heterocycles. The summed E-state index contributed by atoms with van der Waals surface area (Å²) in [5.74, 6) is -0.117. The molecule has 0 saturated heterocycles. The number of nitrogen functional groups attached to an aromatic ring is 1. The van der Waals surface area contributed by atoms with Crippen LogP contribution in [-0.4, -0.2) is 39.4 Å². The largest absolute Gasteiger partial charge is 0.465 e. The predicted octanol–water partition coefficient (Wildman–Crippen LogP) is 1.48. The van der Waals surface area contributed by atoms with Crippen molar-refractivity contribution < 1.29 is 17.9 Å². The molecule has 6 nitrogen and oxygen atoms in total. The lowest BCUT2D eigenvalue weighted by atomic mass is 9.86. The Morgan fingerprint density at radius 2 is 2.10 bits per heavy atom. The quantitative estimate of drug-likeness (QED) is 0.657. The van der Waals surface area contributed by atoms with Gasteiger partial charge in [-0.3, -0.25) is 0 Å². The number of anilines is 1. The van der Waals surface area contributed by atoms with Crippen molar-refractivity contribution in [1.29, 1.82) is 0 Å². The number of hydrogen-bond acceptors (Lipinski definition) is 5. The second-order valence-corrected chi connectivity index (χ2v) is 7.34. The summed E-state index contributed by atoms with van der Waals surface area (Å²) < 4.78 is 30.9. The summed E-state index contributed by atoms with van der Waals surface area (Å²) in [7, 11) is -0.818. The first-order chi connectivity index (χ1) is 9.86. The van der Waals surface area contributed by atoms with Crippen LogP contribution in [0.25, 0.3) is 0 Å². The van der Waals surface area contributed by atoms with Gasteiger partial charge in [0, 0.05) is 13.6 Å². The number of ether oxygens (including phenoxy) is 1. The minimum Gasteiger partial charge on any atom is -0.465 e. The fourth-order valence-corrected chi connectivity index (χ4v) is 3.67. The van der Waals surface area contributed by atoms with Gasteiger partial charge in [-0.1, -0.05) is 6.42 Å². The van der Waals surface area contributed by atoms with Crippen molar-refractivity contribution >= 4 is 21.7 Å². The Morgan fingerprint density at radius 3 is 2.57 bits per heavy atom. The number of hydrogen-bond donors (Lipinski definition) is 1. The normalized spacial score (nSPS) is 15.8. The molecule has 0 amide bonds. The van der Waals surface area contributed by atoms with Crippen LogP contribution in [0.15, 0.2) is 23.1 Å². The van der Waals surface area contributed by atoms with Gasteiger partial charge in [-0.15, -0.1) is 0 Å². The molecule has 116 valence electrons. The first-order valence-corrected chi connectivity index (χ1v) is 8.24. The van der Waals surface area contributed by atoms with Crippen molar-refractivity contribution in [3.8, 4) is 0 Å². The van der Waals surface area contributed by atoms with E-state index in [4.69, 9.17) is 5.73 Å². The molecule has 7 heteroatoms. The highest BCUT2D eigenvalue weighted by atomic mass is 32.2. The predicted molar refractivity (Wildman–Crippen MR) is 79.4 cm³/mol. The minimum absolute atomic E-state index is 0.0250. The molecule has 1 fully saturated rings. The van der Waals surface area contributed by atoms with Crippen LogP contribution in [-0.2, 0) is 14.8 Å². The van der Waals surface area contributed by atoms with E-state index < -0.39 is 16.0 Å². The van der Waals surface area contributed by atoms with Gasteiger partial charge in [-0.2, -0.15) is 0 Å². The Hall–Kier alpha value is -1.60. The standard InChI is InChI=1S/C14H20N2O4S/c1-16(9-10-4-3-5-10)21(18,19)13-7-6-11(8-12(13)15)14(17)20-2/h6-8,10H,3-5,9,15H2,1-2H3. The van der Waals surface area contributed by atoms with Gasteiger partial charge in [-0.25, -0.2) is 17.5 Å². The molecule has 0 spiro atoms. The maximum atomic E-state index is 12.5. The summed E-state index contributed by atoms with van der Waals surface area (Å²) in [5, 5.41) is 0. The number of carbonyl (C=O) groups excluding carboxylic acids is 1. The van der Waals surface area contributed by atoms with Gasteiger partial charge < -0.3 is 10.5 Å². The maximum absolute atomic E-state index is 12.5. The molecule has 1 aliphatic rings. The third-order valence-corrected chi connectivity index (χ3v) is 5.76. The van der Waals surface area contributed by atoms with Gasteiger partial charge >= 0.3 is 5.97 Å². The molecule has 1 aromatic carbocycles. The molecule has 2 N–H and O–H groups in total. The van der Waals surface area contributed by atoms with E-state index >= 15 is 0 Å². The topological polar surface area (TPSA) is 89.7 Å². The first-order valence-electron chi connectivity index (χ1n) is 6.80. The lowest BCUT2D eigenvalue weighted by molar-refractivity contribution is 0.0600. The fraction of sp³-hybridized carbons (Fsp3) is 0.500. The van der Waals surface area contributed by atoms with Crippen molar-refractivity contribution in [2.45, 2.75) is 24.2 Å². The second-order valence-electron chi connectivity index (χ2n) is 5.33. The van der Waals surface area contributed by atoms with E-state index in [1.54, 1.807) is 7.05 Å². The van der Waals surface area contributed by atoms with E-state index in [1.807, 2.05) is 0 Å². The summed E-state index contributed by atoms with van der Waals surface area (Å²) in [5.41, 5.74) is 6.09. The molecule has 0 atom stereocenters. The summed E-state index contributed by atoms with van der Waals surface area (Å²) in [6.07, 6.45) is 3.29. The van der Waals surface area contributed by atoms with E-state index in [9.17, 15) is 13.2 Å². The SMILES string of the molecule is COC(=O)c1ccc(S(=O)(=O)N(C)CC2CCC2)c(N)c1. The number of nitrogens with two attached hydrogens (primary N) is 1. The Kier molecular flexibility index (Phi) is 4.53. The molecule has 2 rings (SSSR count). The third-order valence-electron chi connectivity index (χ3n) is 3.86. The van der Waals surface area contributed by atoms with Crippen molar-refractivity contribution in [3.63, 3.8) is 0 Å². The Morgan fingerprint density at radius 1 is 1.43 bits per heavy atom. The number of rotatable bonds is 5. The van der Waals surface area contributed by atoms with Crippen LogP contribution in [0.4, 0.5) is 5.69 Å². The number of nitrogens with zero attached hydrogens (tertiary/aromatic N) is 1. The zero-order valence-electron chi connectivity index (χ0n) is 12.2. The van der Waals surface area contributed by atoms with Gasteiger partial charge in [-0.05, 0) is 37.0 Å². The van der Waals surface area contributed by atoms with Crippen LogP contribution in [0.5, 0.6) is 0 Å². The Balaban J connectivity index is 2.24. The summed E-state index contributed by atoms with van der Waals surface area (Å²) in [6.45, 7) is 0.501. The first kappa shape index (κ1) is 15.8. The average molecular weight is 312 g/mol. The molecular formula is C14H20N2O4S. The number of methoxy groups -OCH3 is 1. The number of esters is 1. The molecular weight excluding hydrogens is 292 g/mol. The molecule has 1 aliphatic carbocycles. The van der Waals surface area contributed by atoms with Gasteiger partial charge in [0.15, 0.2) is 0 Å². The van der Waals surface area contributed by atoms with E-state index in [1.165, 1.54) is 29.6 Å². The summed E-state index contributed by atoms with van der Waals surface area (Å²) in [4.78, 5) is 11.4. The van der Waals surface area contributed by atoms with Crippen LogP contribution in [0.3, 0.4) is 0 Å². The third kappa shape index (κ3) is 3.19. The average Bonchev–Trinajstić information content (AvgIpc) is 2.41. The van der Waals surface area contributed by atoms with Crippen LogP contribution >= 0.6 is 0 Å². The molecule has 21 heavy (non-hydrogen) atoms. The van der Waals surface area contributed by atoms with E-state index in [-0.39, 0.29) is 16.1 Å². The lowest BCUT2D eigenvalue weighted by Gasteiger charge is -2.29. The van der Waals surface area contributed by atoms with E-state index in [0.29, 0.717) is 12.5 Å². The van der Waals surface area contributed by atoms with Crippen LogP contribution in [0.2, 0.25) is 0 Å². The van der Waals surface area contributed by atoms with E-state index in [2.05, 4.69) is 4.74 Å². The highest BCUT2D eigenvalue weighted by Crippen LogP contribution is 2.29. The van der Waals surface area contributed by atoms with E-state index in [0.717, 1.165) is 19.3 Å². The molecule has 0 aromatic heterocycles. The molecule has 0 heterocycles. The maximum Gasteiger partial charge on any atom is 0.337 e. The van der Waals surface area contributed by atoms with Crippen molar-refractivity contribution in [1.82, 2.24) is 4.31 Å². The monoisotopic (exact) mass is 312 g/mol. The van der Waals surface area contributed by atoms with Crippen molar-refractivity contribution in [2.75, 3.05) is 26.4 Å². The lowest BCUT2D eigenvalue weighted by Crippen LogP contribution is -2.34. The van der Waals surface area contributed by atoms with Gasteiger partial charge in [0.05, 0.1) is 18.4 Å². The van der Waals surface area contributed by atoms with Gasteiger partial charge in [0.1, 0.15) is 4.90 Å². The number of sulfonamides is 1. The van der Waals surface area contributed by atoms with Crippen molar-refractivity contribution in [3.05, 3.63) is 23.8 Å².